The minimum Gasteiger partial charge on any atom is -0.444 e. The van der Waals surface area contributed by atoms with Gasteiger partial charge in [-0.05, 0) is 77.6 Å². The fourth-order valence-electron chi connectivity index (χ4n) is 6.05. The fourth-order valence-corrected chi connectivity index (χ4v) is 6.05. The molecular weight excluding hydrogens is 544 g/mol. The number of hydrogen-bond donors (Lipinski definition) is 0. The first-order chi connectivity index (χ1) is 20.5. The molecule has 0 radical (unpaired) electrons. The molecule has 1 spiro atoms. The molecule has 43 heavy (non-hydrogen) atoms. The number of Topliss-reactive ketones (excluding diaryl/α,β-unsaturated/α-hetero) is 1. The summed E-state index contributed by atoms with van der Waals surface area (Å²) in [5, 5.41) is 0. The van der Waals surface area contributed by atoms with Crippen molar-refractivity contribution in [3.05, 3.63) is 65.7 Å². The normalized spacial score (nSPS) is 16.5. The summed E-state index contributed by atoms with van der Waals surface area (Å²) >= 11 is 0. The standard InChI is InChI=1S/C34H46N4O5/c1-6-35(7-2)30(40)18-12-17-29(39)27-14-11-13-26(23-27)24-37-25-38(28-15-9-8-10-16-28)34(31(37)41)19-21-36(22-20-34)32(42)43-33(3,4)5/h8-11,13-16,23H,6-7,12,17-22,24-25H2,1-5H3. The summed E-state index contributed by atoms with van der Waals surface area (Å²) in [6, 6.07) is 17.4. The van der Waals surface area contributed by atoms with Crippen molar-refractivity contribution in [3.8, 4) is 0 Å². The molecule has 2 aromatic carbocycles. The maximum Gasteiger partial charge on any atom is 0.410 e. The van der Waals surface area contributed by atoms with Gasteiger partial charge < -0.3 is 24.3 Å². The highest BCUT2D eigenvalue weighted by Gasteiger charge is 2.54. The number of ketones is 1. The van der Waals surface area contributed by atoms with Gasteiger partial charge in [0, 0.05) is 56.8 Å². The summed E-state index contributed by atoms with van der Waals surface area (Å²) in [6.45, 7) is 12.5. The molecule has 9 heteroatoms. The number of piperidine rings is 1. The Balaban J connectivity index is 1.45. The molecule has 0 N–H and O–H groups in total. The van der Waals surface area contributed by atoms with Crippen LogP contribution in [0.4, 0.5) is 10.5 Å². The highest BCUT2D eigenvalue weighted by atomic mass is 16.6. The van der Waals surface area contributed by atoms with E-state index < -0.39 is 11.1 Å². The number of ether oxygens (including phenoxy) is 1. The highest BCUT2D eigenvalue weighted by molar-refractivity contribution is 5.96. The van der Waals surface area contributed by atoms with Gasteiger partial charge in [-0.1, -0.05) is 36.4 Å². The third-order valence-corrected chi connectivity index (χ3v) is 8.36. The molecule has 0 saturated carbocycles. The minimum atomic E-state index is -0.759. The lowest BCUT2D eigenvalue weighted by Crippen LogP contribution is -2.57. The summed E-state index contributed by atoms with van der Waals surface area (Å²) in [4.78, 5) is 59.7. The average Bonchev–Trinajstić information content (AvgIpc) is 3.24. The number of anilines is 1. The second-order valence-corrected chi connectivity index (χ2v) is 12.5. The summed E-state index contributed by atoms with van der Waals surface area (Å²) < 4.78 is 5.59. The minimum absolute atomic E-state index is 0.00107. The lowest BCUT2D eigenvalue weighted by Gasteiger charge is -2.43. The largest absolute Gasteiger partial charge is 0.444 e. The van der Waals surface area contributed by atoms with E-state index in [-0.39, 0.29) is 23.7 Å². The summed E-state index contributed by atoms with van der Waals surface area (Å²) in [5.41, 5.74) is 1.10. The van der Waals surface area contributed by atoms with Crippen LogP contribution in [0.2, 0.25) is 0 Å². The van der Waals surface area contributed by atoms with Crippen LogP contribution in [-0.2, 0) is 20.9 Å². The molecule has 2 aromatic rings. The zero-order valence-electron chi connectivity index (χ0n) is 26.3. The number of rotatable bonds is 10. The van der Waals surface area contributed by atoms with Crippen molar-refractivity contribution in [2.24, 2.45) is 0 Å². The molecule has 2 aliphatic heterocycles. The van der Waals surface area contributed by atoms with Gasteiger partial charge in [-0.3, -0.25) is 14.4 Å². The van der Waals surface area contributed by atoms with E-state index in [9.17, 15) is 19.2 Å². The molecular formula is C34H46N4O5. The van der Waals surface area contributed by atoms with Gasteiger partial charge in [0.1, 0.15) is 11.1 Å². The lowest BCUT2D eigenvalue weighted by atomic mass is 9.85. The van der Waals surface area contributed by atoms with Crippen LogP contribution in [0.15, 0.2) is 54.6 Å². The van der Waals surface area contributed by atoms with Crippen LogP contribution in [0.1, 0.15) is 82.6 Å². The molecule has 2 aliphatic rings. The van der Waals surface area contributed by atoms with Crippen molar-refractivity contribution in [1.29, 1.82) is 0 Å². The zero-order valence-corrected chi connectivity index (χ0v) is 26.3. The molecule has 0 atom stereocenters. The van der Waals surface area contributed by atoms with E-state index in [1.807, 2.05) is 88.0 Å². The summed E-state index contributed by atoms with van der Waals surface area (Å²) in [7, 11) is 0. The van der Waals surface area contributed by atoms with Gasteiger partial charge in [0.2, 0.25) is 11.8 Å². The van der Waals surface area contributed by atoms with Gasteiger partial charge >= 0.3 is 6.09 Å². The van der Waals surface area contributed by atoms with Gasteiger partial charge in [0.15, 0.2) is 5.78 Å². The Hall–Kier alpha value is -3.88. The molecule has 2 heterocycles. The molecule has 2 fully saturated rings. The van der Waals surface area contributed by atoms with Crippen molar-refractivity contribution in [2.45, 2.75) is 84.4 Å². The summed E-state index contributed by atoms with van der Waals surface area (Å²) in [6.07, 6.45) is 1.83. The predicted octanol–water partition coefficient (Wildman–Crippen LogP) is 5.48. The van der Waals surface area contributed by atoms with Crippen LogP contribution in [0.5, 0.6) is 0 Å². The monoisotopic (exact) mass is 590 g/mol. The van der Waals surface area contributed by atoms with E-state index in [0.29, 0.717) is 77.1 Å². The molecule has 0 aromatic heterocycles. The fraction of sp³-hybridized carbons (Fsp3) is 0.529. The Bertz CT molecular complexity index is 1290. The third-order valence-electron chi connectivity index (χ3n) is 8.36. The Labute approximate surface area is 255 Å². The van der Waals surface area contributed by atoms with Gasteiger partial charge in [-0.25, -0.2) is 4.79 Å². The van der Waals surface area contributed by atoms with E-state index in [4.69, 9.17) is 4.74 Å². The van der Waals surface area contributed by atoms with E-state index in [2.05, 4.69) is 4.90 Å². The first-order valence-corrected chi connectivity index (χ1v) is 15.5. The van der Waals surface area contributed by atoms with E-state index in [1.165, 1.54) is 0 Å². The van der Waals surface area contributed by atoms with Gasteiger partial charge in [0.05, 0.1) is 6.67 Å². The SMILES string of the molecule is CCN(CC)C(=O)CCCC(=O)c1cccc(CN2CN(c3ccccc3)C3(CCN(C(=O)OC(C)(C)C)CC3)C2=O)c1. The molecule has 0 aliphatic carbocycles. The summed E-state index contributed by atoms with van der Waals surface area (Å²) in [5.74, 6) is 0.110. The average molecular weight is 591 g/mol. The third kappa shape index (κ3) is 7.56. The van der Waals surface area contributed by atoms with E-state index in [1.54, 1.807) is 15.9 Å². The molecule has 4 rings (SSSR count). The molecule has 0 unspecified atom stereocenters. The molecule has 232 valence electrons. The topological polar surface area (TPSA) is 90.5 Å². The number of carbonyl (C=O) groups excluding carboxylic acids is 4. The Morgan fingerprint density at radius 3 is 2.23 bits per heavy atom. The maximum atomic E-state index is 14.2. The van der Waals surface area contributed by atoms with E-state index in [0.717, 1.165) is 11.3 Å². The van der Waals surface area contributed by atoms with Crippen LogP contribution >= 0.6 is 0 Å². The number of amides is 3. The second-order valence-electron chi connectivity index (χ2n) is 12.5. The van der Waals surface area contributed by atoms with E-state index >= 15 is 0 Å². The number of likely N-dealkylation sites (tertiary alicyclic amines) is 1. The van der Waals surface area contributed by atoms with Crippen LogP contribution in [-0.4, -0.2) is 82.4 Å². The highest BCUT2D eigenvalue weighted by Crippen LogP contribution is 2.40. The van der Waals surface area contributed by atoms with Crippen molar-refractivity contribution in [2.75, 3.05) is 37.7 Å². The predicted molar refractivity (Wildman–Crippen MR) is 167 cm³/mol. The van der Waals surface area contributed by atoms with Crippen LogP contribution < -0.4 is 4.90 Å². The second kappa shape index (κ2) is 13.6. The van der Waals surface area contributed by atoms with Crippen molar-refractivity contribution >= 4 is 29.4 Å². The molecule has 2 saturated heterocycles. The molecule has 3 amide bonds. The maximum absolute atomic E-state index is 14.2. The van der Waals surface area contributed by atoms with Crippen molar-refractivity contribution < 1.29 is 23.9 Å². The van der Waals surface area contributed by atoms with Gasteiger partial charge in [0.25, 0.3) is 0 Å². The van der Waals surface area contributed by atoms with Crippen molar-refractivity contribution in [3.63, 3.8) is 0 Å². The number of benzene rings is 2. The van der Waals surface area contributed by atoms with Crippen LogP contribution in [0, 0.1) is 0 Å². The van der Waals surface area contributed by atoms with Crippen molar-refractivity contribution in [1.82, 2.24) is 14.7 Å². The number of para-hydroxylation sites is 1. The van der Waals surface area contributed by atoms with Crippen LogP contribution in [0.3, 0.4) is 0 Å². The Morgan fingerprint density at radius 2 is 1.60 bits per heavy atom. The first-order valence-electron chi connectivity index (χ1n) is 15.5. The van der Waals surface area contributed by atoms with Crippen LogP contribution in [0.25, 0.3) is 0 Å². The van der Waals surface area contributed by atoms with Gasteiger partial charge in [-0.2, -0.15) is 0 Å². The Kier molecular flexibility index (Phi) is 10.1. The number of hydrogen-bond acceptors (Lipinski definition) is 6. The smallest absolute Gasteiger partial charge is 0.410 e. The molecule has 9 nitrogen and oxygen atoms in total. The Morgan fingerprint density at radius 1 is 0.930 bits per heavy atom. The first kappa shape index (κ1) is 32.0. The van der Waals surface area contributed by atoms with Gasteiger partial charge in [-0.15, -0.1) is 0 Å². The lowest BCUT2D eigenvalue weighted by molar-refractivity contribution is -0.134. The number of carbonyl (C=O) groups is 4. The quantitative estimate of drug-likeness (QED) is 0.340. The number of nitrogens with zero attached hydrogens (tertiary/aromatic N) is 4. The zero-order chi connectivity index (χ0) is 31.2. The molecule has 0 bridgehead atoms.